The van der Waals surface area contributed by atoms with Gasteiger partial charge in [0.25, 0.3) is 5.91 Å². The SMILES string of the molecule is COCCOc1nc(-c2ccc3c(c2)OCO3)n(C(=O)c2ccc(C)cc2)n1. The average Bonchev–Trinajstić information content (AvgIpc) is 3.34. The van der Waals surface area contributed by atoms with Gasteiger partial charge in [0.2, 0.25) is 6.79 Å². The maximum atomic E-state index is 13.1. The summed E-state index contributed by atoms with van der Waals surface area (Å²) in [6.45, 7) is 2.79. The lowest BCUT2D eigenvalue weighted by Crippen LogP contribution is -2.15. The van der Waals surface area contributed by atoms with Crippen molar-refractivity contribution in [2.75, 3.05) is 27.1 Å². The molecular weight excluding hydrogens is 362 g/mol. The molecule has 1 aromatic heterocycles. The van der Waals surface area contributed by atoms with Crippen LogP contribution >= 0.6 is 0 Å². The fourth-order valence-corrected chi connectivity index (χ4v) is 2.75. The molecule has 0 atom stereocenters. The quantitative estimate of drug-likeness (QED) is 0.607. The van der Waals surface area contributed by atoms with E-state index in [1.807, 2.05) is 19.1 Å². The van der Waals surface area contributed by atoms with Gasteiger partial charge in [0.1, 0.15) is 6.61 Å². The summed E-state index contributed by atoms with van der Waals surface area (Å²) in [5, 5.41) is 4.26. The van der Waals surface area contributed by atoms with Gasteiger partial charge in [-0.25, -0.2) is 0 Å². The minimum atomic E-state index is -0.304. The van der Waals surface area contributed by atoms with Crippen LogP contribution in [0.4, 0.5) is 0 Å². The number of rotatable bonds is 6. The second-order valence-electron chi connectivity index (χ2n) is 6.21. The summed E-state index contributed by atoms with van der Waals surface area (Å²) in [7, 11) is 1.58. The van der Waals surface area contributed by atoms with Crippen LogP contribution in [0.1, 0.15) is 15.9 Å². The number of carbonyl (C=O) groups excluding carboxylic acids is 1. The van der Waals surface area contributed by atoms with Gasteiger partial charge in [-0.15, -0.1) is 5.10 Å². The second kappa shape index (κ2) is 7.69. The predicted molar refractivity (Wildman–Crippen MR) is 99.9 cm³/mol. The molecule has 8 nitrogen and oxygen atoms in total. The van der Waals surface area contributed by atoms with E-state index in [9.17, 15) is 4.79 Å². The van der Waals surface area contributed by atoms with E-state index in [1.165, 1.54) is 4.68 Å². The van der Waals surface area contributed by atoms with Crippen LogP contribution < -0.4 is 14.2 Å². The van der Waals surface area contributed by atoms with E-state index in [4.69, 9.17) is 18.9 Å². The number of benzene rings is 2. The second-order valence-corrected chi connectivity index (χ2v) is 6.21. The van der Waals surface area contributed by atoms with Crippen molar-refractivity contribution in [2.45, 2.75) is 6.92 Å². The number of aromatic nitrogens is 3. The van der Waals surface area contributed by atoms with Gasteiger partial charge in [-0.2, -0.15) is 9.67 Å². The lowest BCUT2D eigenvalue weighted by molar-refractivity contribution is 0.0943. The Morgan fingerprint density at radius 1 is 1.11 bits per heavy atom. The third-order valence-corrected chi connectivity index (χ3v) is 4.23. The van der Waals surface area contributed by atoms with E-state index in [0.717, 1.165) is 5.56 Å². The Morgan fingerprint density at radius 3 is 2.68 bits per heavy atom. The highest BCUT2D eigenvalue weighted by molar-refractivity contribution is 5.97. The molecule has 2 aromatic carbocycles. The fourth-order valence-electron chi connectivity index (χ4n) is 2.75. The number of hydrogen-bond donors (Lipinski definition) is 0. The molecule has 0 spiro atoms. The summed E-state index contributed by atoms with van der Waals surface area (Å²) in [4.78, 5) is 17.5. The first-order chi connectivity index (χ1) is 13.7. The van der Waals surface area contributed by atoms with E-state index in [1.54, 1.807) is 37.4 Å². The number of hydrogen-bond acceptors (Lipinski definition) is 7. The Hall–Kier alpha value is -3.39. The minimum absolute atomic E-state index is 0.102. The van der Waals surface area contributed by atoms with Gasteiger partial charge in [-0.1, -0.05) is 17.7 Å². The first kappa shape index (κ1) is 18.0. The molecule has 0 unspecified atom stereocenters. The first-order valence-electron chi connectivity index (χ1n) is 8.76. The molecule has 144 valence electrons. The highest BCUT2D eigenvalue weighted by atomic mass is 16.7. The molecule has 4 rings (SSSR count). The third-order valence-electron chi connectivity index (χ3n) is 4.23. The summed E-state index contributed by atoms with van der Waals surface area (Å²) < 4.78 is 22.5. The highest BCUT2D eigenvalue weighted by Crippen LogP contribution is 2.35. The molecule has 0 saturated heterocycles. The third kappa shape index (κ3) is 3.54. The van der Waals surface area contributed by atoms with Crippen LogP contribution in [0.2, 0.25) is 0 Å². The number of nitrogens with zero attached hydrogens (tertiary/aromatic N) is 3. The van der Waals surface area contributed by atoms with Crippen molar-refractivity contribution in [3.63, 3.8) is 0 Å². The Kier molecular flexibility index (Phi) is 4.94. The lowest BCUT2D eigenvalue weighted by atomic mass is 10.1. The number of fused-ring (bicyclic) bond motifs is 1. The van der Waals surface area contributed by atoms with Crippen LogP contribution in [0.3, 0.4) is 0 Å². The maximum Gasteiger partial charge on any atom is 0.336 e. The van der Waals surface area contributed by atoms with Crippen LogP contribution in [0.15, 0.2) is 42.5 Å². The molecular formula is C20H19N3O5. The molecule has 8 heteroatoms. The van der Waals surface area contributed by atoms with Gasteiger partial charge in [-0.05, 0) is 37.3 Å². The summed E-state index contributed by atoms with van der Waals surface area (Å²) in [6, 6.07) is 12.7. The van der Waals surface area contributed by atoms with E-state index < -0.39 is 0 Å². The van der Waals surface area contributed by atoms with Crippen molar-refractivity contribution in [1.82, 2.24) is 14.8 Å². The zero-order valence-corrected chi connectivity index (χ0v) is 15.5. The minimum Gasteiger partial charge on any atom is -0.460 e. The molecule has 2 heterocycles. The Morgan fingerprint density at radius 2 is 1.89 bits per heavy atom. The Balaban J connectivity index is 1.73. The van der Waals surface area contributed by atoms with Crippen LogP contribution in [0.5, 0.6) is 17.5 Å². The van der Waals surface area contributed by atoms with Gasteiger partial charge in [0, 0.05) is 18.2 Å². The molecule has 0 N–H and O–H groups in total. The van der Waals surface area contributed by atoms with Gasteiger partial charge in [-0.3, -0.25) is 4.79 Å². The van der Waals surface area contributed by atoms with Gasteiger partial charge < -0.3 is 18.9 Å². The first-order valence-corrected chi connectivity index (χ1v) is 8.76. The zero-order chi connectivity index (χ0) is 19.5. The Bertz CT molecular complexity index is 998. The lowest BCUT2D eigenvalue weighted by Gasteiger charge is -2.06. The topological polar surface area (TPSA) is 84.7 Å². The number of aryl methyl sites for hydroxylation is 1. The zero-order valence-electron chi connectivity index (χ0n) is 15.5. The van der Waals surface area contributed by atoms with Crippen LogP contribution in [-0.2, 0) is 4.74 Å². The summed E-state index contributed by atoms with van der Waals surface area (Å²) in [5.74, 6) is 1.30. The summed E-state index contributed by atoms with van der Waals surface area (Å²) >= 11 is 0. The maximum absolute atomic E-state index is 13.1. The molecule has 28 heavy (non-hydrogen) atoms. The van der Waals surface area contributed by atoms with Crippen molar-refractivity contribution in [3.05, 3.63) is 53.6 Å². The average molecular weight is 381 g/mol. The fraction of sp³-hybridized carbons (Fsp3) is 0.250. The molecule has 0 aliphatic carbocycles. The molecule has 1 aliphatic heterocycles. The standard InChI is InChI=1S/C20H19N3O5/c1-13-3-5-14(6-4-13)19(24)23-18(21-20(22-23)26-10-9-25-2)15-7-8-16-17(11-15)28-12-27-16/h3-8,11H,9-10,12H2,1-2H3. The molecule has 0 amide bonds. The highest BCUT2D eigenvalue weighted by Gasteiger charge is 2.22. The Labute approximate surface area is 161 Å². The van der Waals surface area contributed by atoms with Crippen molar-refractivity contribution in [3.8, 4) is 28.9 Å². The van der Waals surface area contributed by atoms with E-state index >= 15 is 0 Å². The number of methoxy groups -OCH3 is 1. The molecule has 3 aromatic rings. The van der Waals surface area contributed by atoms with Crippen molar-refractivity contribution < 1.29 is 23.7 Å². The summed E-state index contributed by atoms with van der Waals surface area (Å²) in [6.07, 6.45) is 0. The number of carbonyl (C=O) groups is 1. The van der Waals surface area contributed by atoms with E-state index in [2.05, 4.69) is 10.1 Å². The molecule has 1 aliphatic rings. The van der Waals surface area contributed by atoms with Gasteiger partial charge >= 0.3 is 6.01 Å². The van der Waals surface area contributed by atoms with Crippen molar-refractivity contribution >= 4 is 5.91 Å². The predicted octanol–water partition coefficient (Wildman–Crippen LogP) is 2.70. The summed E-state index contributed by atoms with van der Waals surface area (Å²) in [5.41, 5.74) is 2.23. The molecule has 0 bridgehead atoms. The van der Waals surface area contributed by atoms with Crippen LogP contribution in [0.25, 0.3) is 11.4 Å². The van der Waals surface area contributed by atoms with E-state index in [0.29, 0.717) is 35.1 Å². The molecule has 0 saturated carbocycles. The van der Waals surface area contributed by atoms with Gasteiger partial charge in [0.05, 0.1) is 6.61 Å². The molecule has 0 radical (unpaired) electrons. The van der Waals surface area contributed by atoms with Crippen LogP contribution in [-0.4, -0.2) is 47.8 Å². The molecule has 0 fully saturated rings. The normalized spacial score (nSPS) is 12.2. The van der Waals surface area contributed by atoms with Crippen molar-refractivity contribution in [1.29, 1.82) is 0 Å². The van der Waals surface area contributed by atoms with E-state index in [-0.39, 0.29) is 25.3 Å². The van der Waals surface area contributed by atoms with Crippen LogP contribution in [0, 0.1) is 6.92 Å². The number of ether oxygens (including phenoxy) is 4. The monoisotopic (exact) mass is 381 g/mol. The van der Waals surface area contributed by atoms with Crippen molar-refractivity contribution in [2.24, 2.45) is 0 Å². The van der Waals surface area contributed by atoms with Gasteiger partial charge in [0.15, 0.2) is 17.3 Å². The smallest absolute Gasteiger partial charge is 0.336 e. The largest absolute Gasteiger partial charge is 0.460 e.